The van der Waals surface area contributed by atoms with E-state index in [-0.39, 0.29) is 12.5 Å². The Kier molecular flexibility index (Phi) is 5.82. The van der Waals surface area contributed by atoms with E-state index in [2.05, 4.69) is 5.32 Å². The zero-order valence-corrected chi connectivity index (χ0v) is 12.8. The molecule has 0 amide bonds. The second-order valence-electron chi connectivity index (χ2n) is 5.34. The minimum Gasteiger partial charge on any atom is -0.493 e. The van der Waals surface area contributed by atoms with Gasteiger partial charge in [0.25, 0.3) is 0 Å². The molecule has 0 radical (unpaired) electrons. The van der Waals surface area contributed by atoms with Crippen LogP contribution in [0.1, 0.15) is 26.3 Å². The van der Waals surface area contributed by atoms with Gasteiger partial charge in [0.15, 0.2) is 11.5 Å². The lowest BCUT2D eigenvalue weighted by Crippen LogP contribution is -2.31. The minimum atomic E-state index is -0.466. The number of carbonyl (C=O) groups excluding carboxylic acids is 1. The molecule has 0 aliphatic heterocycles. The van der Waals surface area contributed by atoms with Crippen LogP contribution in [0.15, 0.2) is 18.2 Å². The maximum Gasteiger partial charge on any atom is 0.320 e. The quantitative estimate of drug-likeness (QED) is 0.810. The second-order valence-corrected chi connectivity index (χ2v) is 5.34. The number of esters is 1. The molecular weight excluding hydrogens is 258 g/mol. The number of methoxy groups -OCH3 is 2. The highest BCUT2D eigenvalue weighted by molar-refractivity contribution is 5.72. The normalized spacial score (nSPS) is 11.1. The van der Waals surface area contributed by atoms with Crippen LogP contribution < -0.4 is 14.8 Å². The van der Waals surface area contributed by atoms with Gasteiger partial charge in [-0.3, -0.25) is 4.79 Å². The summed E-state index contributed by atoms with van der Waals surface area (Å²) in [6.45, 7) is 6.18. The maximum absolute atomic E-state index is 11.6. The van der Waals surface area contributed by atoms with Crippen molar-refractivity contribution in [2.24, 2.45) is 0 Å². The largest absolute Gasteiger partial charge is 0.493 e. The molecule has 0 atom stereocenters. The van der Waals surface area contributed by atoms with Gasteiger partial charge in [-0.05, 0) is 26.8 Å². The van der Waals surface area contributed by atoms with Crippen molar-refractivity contribution >= 4 is 5.97 Å². The molecule has 5 nitrogen and oxygen atoms in total. The van der Waals surface area contributed by atoms with Gasteiger partial charge >= 0.3 is 5.97 Å². The van der Waals surface area contributed by atoms with Crippen molar-refractivity contribution < 1.29 is 19.0 Å². The molecule has 0 saturated heterocycles. The fourth-order valence-electron chi connectivity index (χ4n) is 1.77. The van der Waals surface area contributed by atoms with Crippen LogP contribution in [0.3, 0.4) is 0 Å². The van der Waals surface area contributed by atoms with Crippen LogP contribution >= 0.6 is 0 Å². The van der Waals surface area contributed by atoms with Crippen LogP contribution in [0.25, 0.3) is 0 Å². The summed E-state index contributed by atoms with van der Waals surface area (Å²) in [5.41, 5.74) is 0.460. The van der Waals surface area contributed by atoms with Crippen molar-refractivity contribution in [1.29, 1.82) is 0 Å². The lowest BCUT2D eigenvalue weighted by Gasteiger charge is -2.19. The Morgan fingerprint density at radius 1 is 1.20 bits per heavy atom. The fraction of sp³-hybridized carbons (Fsp3) is 0.533. The smallest absolute Gasteiger partial charge is 0.320 e. The average Bonchev–Trinajstić information content (AvgIpc) is 2.36. The Hall–Kier alpha value is -1.75. The third-order valence-corrected chi connectivity index (χ3v) is 2.49. The molecule has 1 N–H and O–H groups in total. The second kappa shape index (κ2) is 7.14. The van der Waals surface area contributed by atoms with Crippen LogP contribution in [0.4, 0.5) is 0 Å². The topological polar surface area (TPSA) is 56.8 Å². The molecule has 112 valence electrons. The van der Waals surface area contributed by atoms with Gasteiger partial charge in [-0.2, -0.15) is 0 Å². The summed E-state index contributed by atoms with van der Waals surface area (Å²) in [6, 6.07) is 5.63. The zero-order valence-electron chi connectivity index (χ0n) is 12.8. The zero-order chi connectivity index (χ0) is 15.2. The molecular formula is C15H23NO4. The van der Waals surface area contributed by atoms with E-state index in [0.29, 0.717) is 18.0 Å². The molecule has 0 unspecified atom stereocenters. The summed E-state index contributed by atoms with van der Waals surface area (Å²) < 4.78 is 15.8. The third-order valence-electron chi connectivity index (χ3n) is 2.49. The molecule has 1 aromatic carbocycles. The van der Waals surface area contributed by atoms with Crippen LogP contribution in [-0.4, -0.2) is 32.3 Å². The first-order chi connectivity index (χ1) is 9.37. The number of carbonyl (C=O) groups is 1. The monoisotopic (exact) mass is 281 g/mol. The van der Waals surface area contributed by atoms with Crippen LogP contribution in [0.2, 0.25) is 0 Å². The highest BCUT2D eigenvalue weighted by Crippen LogP contribution is 2.30. The Morgan fingerprint density at radius 3 is 2.45 bits per heavy atom. The van der Waals surface area contributed by atoms with Gasteiger partial charge in [0.2, 0.25) is 0 Å². The van der Waals surface area contributed by atoms with E-state index in [4.69, 9.17) is 14.2 Å². The molecule has 0 aliphatic rings. The Labute approximate surface area is 120 Å². The Balaban J connectivity index is 2.56. The standard InChI is InChI=1S/C15H23NO4/c1-15(2,3)20-13(17)10-16-9-11-7-6-8-12(18-4)14(11)19-5/h6-8,16H,9-10H2,1-5H3. The van der Waals surface area contributed by atoms with Gasteiger partial charge < -0.3 is 19.5 Å². The first-order valence-electron chi connectivity index (χ1n) is 6.50. The van der Waals surface area contributed by atoms with E-state index in [1.165, 1.54) is 0 Å². The number of para-hydroxylation sites is 1. The lowest BCUT2D eigenvalue weighted by molar-refractivity contribution is -0.153. The van der Waals surface area contributed by atoms with Gasteiger partial charge in [0.1, 0.15) is 5.60 Å². The molecule has 0 aromatic heterocycles. The number of hydrogen-bond donors (Lipinski definition) is 1. The van der Waals surface area contributed by atoms with Gasteiger partial charge in [-0.25, -0.2) is 0 Å². The summed E-state index contributed by atoms with van der Waals surface area (Å²) in [7, 11) is 3.19. The third kappa shape index (κ3) is 5.09. The summed E-state index contributed by atoms with van der Waals surface area (Å²) in [5, 5.41) is 3.04. The molecule has 0 fully saturated rings. The first kappa shape index (κ1) is 16.3. The minimum absolute atomic E-state index is 0.150. The highest BCUT2D eigenvalue weighted by Gasteiger charge is 2.16. The molecule has 0 heterocycles. The molecule has 20 heavy (non-hydrogen) atoms. The van der Waals surface area contributed by atoms with Crippen molar-refractivity contribution in [3.05, 3.63) is 23.8 Å². The van der Waals surface area contributed by atoms with E-state index in [1.807, 2.05) is 39.0 Å². The van der Waals surface area contributed by atoms with Gasteiger partial charge in [-0.15, -0.1) is 0 Å². The number of rotatable bonds is 6. The van der Waals surface area contributed by atoms with Crippen LogP contribution in [-0.2, 0) is 16.1 Å². The molecule has 0 spiro atoms. The van der Waals surface area contributed by atoms with Crippen molar-refractivity contribution in [3.8, 4) is 11.5 Å². The van der Waals surface area contributed by atoms with E-state index in [9.17, 15) is 4.79 Å². The number of benzene rings is 1. The van der Waals surface area contributed by atoms with E-state index in [1.54, 1.807) is 14.2 Å². The van der Waals surface area contributed by atoms with Crippen LogP contribution in [0.5, 0.6) is 11.5 Å². The van der Waals surface area contributed by atoms with Gasteiger partial charge in [0, 0.05) is 12.1 Å². The van der Waals surface area contributed by atoms with Crippen LogP contribution in [0, 0.1) is 0 Å². The fourth-order valence-corrected chi connectivity index (χ4v) is 1.77. The summed E-state index contributed by atoms with van der Waals surface area (Å²) >= 11 is 0. The average molecular weight is 281 g/mol. The Morgan fingerprint density at radius 2 is 1.90 bits per heavy atom. The van der Waals surface area contributed by atoms with E-state index < -0.39 is 5.60 Å². The SMILES string of the molecule is COc1cccc(CNCC(=O)OC(C)(C)C)c1OC. The highest BCUT2D eigenvalue weighted by atomic mass is 16.6. The molecule has 0 aliphatic carbocycles. The van der Waals surface area contributed by atoms with Gasteiger partial charge in [-0.1, -0.05) is 12.1 Å². The van der Waals surface area contributed by atoms with E-state index in [0.717, 1.165) is 5.56 Å². The predicted octanol–water partition coefficient (Wildman–Crippen LogP) is 2.14. The van der Waals surface area contributed by atoms with Crippen molar-refractivity contribution in [2.45, 2.75) is 32.9 Å². The summed E-state index contributed by atoms with van der Waals surface area (Å²) in [6.07, 6.45) is 0. The first-order valence-corrected chi connectivity index (χ1v) is 6.50. The van der Waals surface area contributed by atoms with Crippen molar-refractivity contribution in [1.82, 2.24) is 5.32 Å². The summed E-state index contributed by atoms with van der Waals surface area (Å²) in [4.78, 5) is 11.6. The summed E-state index contributed by atoms with van der Waals surface area (Å²) in [5.74, 6) is 1.06. The molecule has 0 saturated carbocycles. The maximum atomic E-state index is 11.6. The molecule has 1 rings (SSSR count). The van der Waals surface area contributed by atoms with Crippen molar-refractivity contribution in [2.75, 3.05) is 20.8 Å². The van der Waals surface area contributed by atoms with E-state index >= 15 is 0 Å². The molecule has 5 heteroatoms. The predicted molar refractivity (Wildman–Crippen MR) is 77.1 cm³/mol. The number of nitrogens with one attached hydrogen (secondary N) is 1. The molecule has 0 bridgehead atoms. The lowest BCUT2D eigenvalue weighted by atomic mass is 10.2. The van der Waals surface area contributed by atoms with Gasteiger partial charge in [0.05, 0.1) is 20.8 Å². The number of ether oxygens (including phenoxy) is 3. The van der Waals surface area contributed by atoms with Crippen molar-refractivity contribution in [3.63, 3.8) is 0 Å². The number of hydrogen-bond acceptors (Lipinski definition) is 5. The molecule has 1 aromatic rings. The Bertz CT molecular complexity index is 452.